The average molecular weight is 1190 g/mol. The van der Waals surface area contributed by atoms with E-state index in [1.165, 1.54) is 0 Å². The molecular formula is C16H4Br10Cl4O3. The van der Waals surface area contributed by atoms with Crippen LogP contribution in [0, 0.1) is 0 Å². The van der Waals surface area contributed by atoms with Gasteiger partial charge in [0, 0.05) is 38.8 Å². The van der Waals surface area contributed by atoms with Gasteiger partial charge in [-0.15, -0.1) is 11.6 Å². The van der Waals surface area contributed by atoms with Crippen LogP contribution in [0.3, 0.4) is 0 Å². The Kier molecular flexibility index (Phi) is 14.5. The standard InChI is InChI=1S/C10H3Br5Cl4O2.C6HBr5O/c11-3-2(4(12)6(14)7(15)5(3)13)9(16,8(20)21)1-10(17,18)19;7-1-2(8)4(10)6(12)5(11)3(1)9/h1H2,(H,20,21);12H. The predicted molar refractivity (Wildman–Crippen MR) is 172 cm³/mol. The number of carboxylic acid groups (broad SMARTS) is 1. The van der Waals surface area contributed by atoms with E-state index in [1.807, 2.05) is 0 Å². The van der Waals surface area contributed by atoms with Crippen molar-refractivity contribution in [3.63, 3.8) is 0 Å². The molecule has 0 saturated carbocycles. The van der Waals surface area contributed by atoms with Crippen LogP contribution in [0.25, 0.3) is 0 Å². The van der Waals surface area contributed by atoms with E-state index in [0.29, 0.717) is 31.3 Å². The summed E-state index contributed by atoms with van der Waals surface area (Å²) >= 11 is 56.7. The lowest BCUT2D eigenvalue weighted by molar-refractivity contribution is -0.140. The summed E-state index contributed by atoms with van der Waals surface area (Å²) in [5, 5.41) is 19.1. The van der Waals surface area contributed by atoms with Crippen molar-refractivity contribution < 1.29 is 15.0 Å². The molecule has 1 atom stereocenters. The Hall–Kier alpha value is 3.67. The lowest BCUT2D eigenvalue weighted by Crippen LogP contribution is -2.35. The van der Waals surface area contributed by atoms with Crippen molar-refractivity contribution in [3.05, 3.63) is 50.3 Å². The zero-order chi connectivity index (χ0) is 26.2. The van der Waals surface area contributed by atoms with Crippen LogP contribution in [0.5, 0.6) is 5.75 Å². The van der Waals surface area contributed by atoms with Gasteiger partial charge in [0.15, 0.2) is 8.67 Å². The number of phenols is 1. The van der Waals surface area contributed by atoms with E-state index in [4.69, 9.17) is 46.4 Å². The average Bonchev–Trinajstić information content (AvgIpc) is 2.71. The van der Waals surface area contributed by atoms with Gasteiger partial charge in [-0.05, 0) is 159 Å². The maximum Gasteiger partial charge on any atom is 0.329 e. The number of aliphatic carboxylic acids is 1. The number of halogens is 14. The molecule has 3 nitrogen and oxygen atoms in total. The van der Waals surface area contributed by atoms with E-state index in [9.17, 15) is 15.0 Å². The molecule has 2 rings (SSSR count). The SMILES string of the molecule is O=C(O)C(Cl)(CC(Cl)(Cl)Cl)c1c(Br)c(Br)c(Br)c(Br)c1Br.Oc1c(Br)c(Br)c(Br)c(Br)c1Br. The number of hydrogen-bond acceptors (Lipinski definition) is 2. The largest absolute Gasteiger partial charge is 0.505 e. The Morgan fingerprint density at radius 1 is 0.606 bits per heavy atom. The third-order valence-corrected chi connectivity index (χ3v) is 16.6. The molecule has 0 aliphatic heterocycles. The minimum absolute atomic E-state index is 0.164. The minimum atomic E-state index is -1.95. The Morgan fingerprint density at radius 3 is 1.15 bits per heavy atom. The lowest BCUT2D eigenvalue weighted by Gasteiger charge is -2.29. The molecule has 0 amide bonds. The number of aromatic hydroxyl groups is 1. The van der Waals surface area contributed by atoms with E-state index >= 15 is 0 Å². The van der Waals surface area contributed by atoms with Crippen LogP contribution in [0.4, 0.5) is 0 Å². The molecule has 2 aromatic carbocycles. The molecule has 1 unspecified atom stereocenters. The molecule has 0 aromatic heterocycles. The molecule has 0 aliphatic rings. The highest BCUT2D eigenvalue weighted by molar-refractivity contribution is 9.16. The highest BCUT2D eigenvalue weighted by Gasteiger charge is 2.48. The Labute approximate surface area is 293 Å². The predicted octanol–water partition coefficient (Wildman–Crippen LogP) is 13.0. The molecule has 0 saturated heterocycles. The molecular weight excluding hydrogens is 1180 g/mol. The van der Waals surface area contributed by atoms with Crippen LogP contribution >= 0.6 is 206 Å². The number of carbonyl (C=O) groups is 1. The fourth-order valence-electron chi connectivity index (χ4n) is 2.09. The normalized spacial score (nSPS) is 13.3. The van der Waals surface area contributed by atoms with Crippen molar-refractivity contribution in [2.24, 2.45) is 0 Å². The van der Waals surface area contributed by atoms with Crippen LogP contribution in [-0.4, -0.2) is 20.0 Å². The summed E-state index contributed by atoms with van der Waals surface area (Å²) in [6.45, 7) is 0. The van der Waals surface area contributed by atoms with Gasteiger partial charge in [-0.25, -0.2) is 4.79 Å². The third kappa shape index (κ3) is 8.33. The van der Waals surface area contributed by atoms with Gasteiger partial charge in [-0.1, -0.05) is 34.8 Å². The number of hydrogen-bond donors (Lipinski definition) is 2. The number of phenolic OH excluding ortho intramolecular Hbond substituents is 1. The van der Waals surface area contributed by atoms with E-state index < -0.39 is 21.1 Å². The first kappa shape index (κ1) is 34.7. The van der Waals surface area contributed by atoms with Crippen molar-refractivity contribution in [2.75, 3.05) is 0 Å². The summed E-state index contributed by atoms with van der Waals surface area (Å²) in [7, 11) is 0. The van der Waals surface area contributed by atoms with Gasteiger partial charge in [0.25, 0.3) is 0 Å². The van der Waals surface area contributed by atoms with Crippen LogP contribution < -0.4 is 0 Å². The van der Waals surface area contributed by atoms with Gasteiger partial charge in [0.1, 0.15) is 5.75 Å². The van der Waals surface area contributed by atoms with E-state index in [2.05, 4.69) is 159 Å². The first-order chi connectivity index (χ1) is 14.8. The molecule has 0 bridgehead atoms. The fraction of sp³-hybridized carbons (Fsp3) is 0.188. The van der Waals surface area contributed by atoms with E-state index in [-0.39, 0.29) is 11.3 Å². The van der Waals surface area contributed by atoms with Crippen molar-refractivity contribution in [2.45, 2.75) is 15.1 Å². The minimum Gasteiger partial charge on any atom is -0.505 e. The van der Waals surface area contributed by atoms with Crippen LogP contribution in [0.1, 0.15) is 12.0 Å². The molecule has 2 aromatic rings. The summed E-state index contributed by atoms with van der Waals surface area (Å²) in [6, 6.07) is 0. The highest BCUT2D eigenvalue weighted by Crippen LogP contribution is 2.54. The second kappa shape index (κ2) is 13.8. The number of alkyl halides is 4. The monoisotopic (exact) mass is 1170 g/mol. The fourth-order valence-corrected chi connectivity index (χ4v) is 10.3. The summed E-state index contributed by atoms with van der Waals surface area (Å²) in [4.78, 5) is 9.77. The van der Waals surface area contributed by atoms with Crippen molar-refractivity contribution in [1.29, 1.82) is 0 Å². The molecule has 0 radical (unpaired) electrons. The van der Waals surface area contributed by atoms with Crippen molar-refractivity contribution >= 4 is 212 Å². The first-order valence-corrected chi connectivity index (χ1v) is 16.9. The second-order valence-electron chi connectivity index (χ2n) is 5.76. The topological polar surface area (TPSA) is 57.5 Å². The molecule has 2 N–H and O–H groups in total. The summed E-state index contributed by atoms with van der Waals surface area (Å²) in [6.07, 6.45) is -0.431. The molecule has 0 spiro atoms. The van der Waals surface area contributed by atoms with Gasteiger partial charge in [0.05, 0.1) is 17.9 Å². The number of benzene rings is 2. The van der Waals surface area contributed by atoms with Gasteiger partial charge in [0.2, 0.25) is 0 Å². The van der Waals surface area contributed by atoms with Gasteiger partial charge < -0.3 is 10.2 Å². The van der Waals surface area contributed by atoms with Crippen molar-refractivity contribution in [3.8, 4) is 5.75 Å². The van der Waals surface area contributed by atoms with Gasteiger partial charge in [-0.3, -0.25) is 0 Å². The highest BCUT2D eigenvalue weighted by atomic mass is 79.9. The first-order valence-electron chi connectivity index (χ1n) is 7.50. The zero-order valence-corrected chi connectivity index (χ0v) is 33.7. The van der Waals surface area contributed by atoms with Crippen molar-refractivity contribution in [1.82, 2.24) is 0 Å². The number of carboxylic acids is 1. The third-order valence-electron chi connectivity index (χ3n) is 3.58. The smallest absolute Gasteiger partial charge is 0.329 e. The van der Waals surface area contributed by atoms with Crippen LogP contribution in [0.15, 0.2) is 44.7 Å². The van der Waals surface area contributed by atoms with Gasteiger partial charge in [-0.2, -0.15) is 0 Å². The lowest BCUT2D eigenvalue weighted by atomic mass is 9.95. The van der Waals surface area contributed by atoms with Crippen LogP contribution in [-0.2, 0) is 9.67 Å². The molecule has 0 aliphatic carbocycles. The summed E-state index contributed by atoms with van der Waals surface area (Å²) in [5.74, 6) is -1.17. The zero-order valence-electron chi connectivity index (χ0n) is 14.8. The molecule has 33 heavy (non-hydrogen) atoms. The Bertz CT molecular complexity index is 975. The Morgan fingerprint density at radius 2 is 0.879 bits per heavy atom. The molecule has 0 fully saturated rings. The quantitative estimate of drug-likeness (QED) is 0.183. The second-order valence-corrected chi connectivity index (χ2v) is 16.9. The summed E-state index contributed by atoms with van der Waals surface area (Å²) < 4.78 is 4.45. The Balaban J connectivity index is 0.000000383. The van der Waals surface area contributed by atoms with E-state index in [0.717, 1.165) is 13.4 Å². The van der Waals surface area contributed by atoms with E-state index in [1.54, 1.807) is 0 Å². The summed E-state index contributed by atoms with van der Waals surface area (Å²) in [5.41, 5.74) is 0.227. The maximum atomic E-state index is 11.7. The molecule has 17 heteroatoms. The van der Waals surface area contributed by atoms with Crippen LogP contribution in [0.2, 0.25) is 0 Å². The molecule has 0 heterocycles. The maximum absolute atomic E-state index is 11.7. The molecule has 184 valence electrons. The number of rotatable bonds is 3. The van der Waals surface area contributed by atoms with Gasteiger partial charge >= 0.3 is 5.97 Å².